The molecule has 0 heterocycles. The molecule has 0 aliphatic carbocycles. The molecule has 0 bridgehead atoms. The smallest absolute Gasteiger partial charge is 0.142 e. The van der Waals surface area contributed by atoms with Crippen LogP contribution in [0.4, 0.5) is 4.39 Å². The highest BCUT2D eigenvalue weighted by atomic mass is 35.5. The lowest BCUT2D eigenvalue weighted by Crippen LogP contribution is -2.20. The molecule has 21 heavy (non-hydrogen) atoms. The average Bonchev–Trinajstić information content (AvgIpc) is 2.46. The van der Waals surface area contributed by atoms with Gasteiger partial charge in [0, 0.05) is 12.5 Å². The molecule has 4 heteroatoms. The summed E-state index contributed by atoms with van der Waals surface area (Å²) in [6.07, 6.45) is -0.871. The monoisotopic (exact) mass is 307 g/mol. The Morgan fingerprint density at radius 2 is 1.76 bits per heavy atom. The van der Waals surface area contributed by atoms with Crippen molar-refractivity contribution < 1.29 is 9.50 Å². The third-order valence-corrected chi connectivity index (χ3v) is 4.19. The predicted octanol–water partition coefficient (Wildman–Crippen LogP) is 3.87. The van der Waals surface area contributed by atoms with E-state index in [2.05, 4.69) is 0 Å². The summed E-state index contributed by atoms with van der Waals surface area (Å²) in [5.74, 6) is -0.825. The van der Waals surface area contributed by atoms with Crippen molar-refractivity contribution in [1.29, 1.82) is 0 Å². The van der Waals surface area contributed by atoms with Crippen LogP contribution in [0.15, 0.2) is 36.4 Å². The molecule has 0 fully saturated rings. The molecule has 2 unspecified atom stereocenters. The van der Waals surface area contributed by atoms with Crippen LogP contribution in [0.25, 0.3) is 0 Å². The molecule has 2 nitrogen and oxygen atoms in total. The van der Waals surface area contributed by atoms with Crippen LogP contribution in [0.2, 0.25) is 5.02 Å². The number of aryl methyl sites for hydroxylation is 2. The molecule has 0 saturated heterocycles. The summed E-state index contributed by atoms with van der Waals surface area (Å²) >= 11 is 5.67. The van der Waals surface area contributed by atoms with Crippen LogP contribution in [0.1, 0.15) is 34.3 Å². The molecular weight excluding hydrogens is 289 g/mol. The van der Waals surface area contributed by atoms with E-state index in [-0.39, 0.29) is 17.5 Å². The summed E-state index contributed by atoms with van der Waals surface area (Å²) in [6, 6.07) is 10.3. The molecular formula is C17H19ClFNO. The first kappa shape index (κ1) is 16.0. The first-order valence-electron chi connectivity index (χ1n) is 6.84. The lowest BCUT2D eigenvalue weighted by atomic mass is 9.88. The van der Waals surface area contributed by atoms with Gasteiger partial charge in [0.05, 0.1) is 11.1 Å². The largest absolute Gasteiger partial charge is 0.388 e. The van der Waals surface area contributed by atoms with Crippen molar-refractivity contribution in [2.75, 3.05) is 6.54 Å². The van der Waals surface area contributed by atoms with E-state index >= 15 is 0 Å². The first-order valence-corrected chi connectivity index (χ1v) is 7.22. The zero-order valence-corrected chi connectivity index (χ0v) is 12.9. The van der Waals surface area contributed by atoms with E-state index in [1.807, 2.05) is 32.0 Å². The lowest BCUT2D eigenvalue weighted by molar-refractivity contribution is 0.147. The van der Waals surface area contributed by atoms with E-state index in [1.165, 1.54) is 17.7 Å². The number of hydrogen-bond donors (Lipinski definition) is 2. The summed E-state index contributed by atoms with van der Waals surface area (Å²) in [7, 11) is 0. The molecule has 2 aromatic carbocycles. The molecule has 2 atom stereocenters. The maximum Gasteiger partial charge on any atom is 0.142 e. The Kier molecular flexibility index (Phi) is 4.99. The Balaban J connectivity index is 2.35. The molecule has 2 aromatic rings. The minimum absolute atomic E-state index is 0.0430. The Hall–Kier alpha value is -1.42. The molecule has 0 saturated carbocycles. The van der Waals surface area contributed by atoms with Gasteiger partial charge in [0.1, 0.15) is 5.82 Å². The number of rotatable bonds is 4. The first-order chi connectivity index (χ1) is 9.93. The van der Waals surface area contributed by atoms with Crippen molar-refractivity contribution in [2.45, 2.75) is 25.9 Å². The molecule has 0 aliphatic rings. The molecule has 0 radical (unpaired) electrons. The maximum absolute atomic E-state index is 13.6. The molecule has 3 N–H and O–H groups in total. The third-order valence-electron chi connectivity index (χ3n) is 3.88. The fraction of sp³-hybridized carbons (Fsp3) is 0.294. The average molecular weight is 308 g/mol. The van der Waals surface area contributed by atoms with Gasteiger partial charge in [0.15, 0.2) is 0 Å². The van der Waals surface area contributed by atoms with Crippen molar-refractivity contribution in [3.63, 3.8) is 0 Å². The highest BCUT2D eigenvalue weighted by molar-refractivity contribution is 6.30. The van der Waals surface area contributed by atoms with Crippen LogP contribution in [0, 0.1) is 19.7 Å². The van der Waals surface area contributed by atoms with E-state index in [0.717, 1.165) is 11.1 Å². The SMILES string of the molecule is Cc1ccc(C(CN)C(O)c2ccc(Cl)c(F)c2)cc1C. The van der Waals surface area contributed by atoms with Gasteiger partial charge in [-0.2, -0.15) is 0 Å². The molecule has 2 rings (SSSR count). The van der Waals surface area contributed by atoms with Gasteiger partial charge in [-0.05, 0) is 48.2 Å². The second kappa shape index (κ2) is 6.56. The quantitative estimate of drug-likeness (QED) is 0.900. The Bertz CT molecular complexity index is 645. The number of aliphatic hydroxyl groups is 1. The third kappa shape index (κ3) is 3.43. The minimum Gasteiger partial charge on any atom is -0.388 e. The number of nitrogens with two attached hydrogens (primary N) is 1. The number of hydrogen-bond acceptors (Lipinski definition) is 2. The molecule has 0 amide bonds. The Labute approximate surface area is 129 Å². The second-order valence-electron chi connectivity index (χ2n) is 5.30. The summed E-state index contributed by atoms with van der Waals surface area (Å²) in [5.41, 5.74) is 9.57. The topological polar surface area (TPSA) is 46.2 Å². The summed E-state index contributed by atoms with van der Waals surface area (Å²) in [4.78, 5) is 0. The van der Waals surface area contributed by atoms with Gasteiger partial charge in [-0.15, -0.1) is 0 Å². The van der Waals surface area contributed by atoms with E-state index in [1.54, 1.807) is 6.07 Å². The molecule has 0 spiro atoms. The lowest BCUT2D eigenvalue weighted by Gasteiger charge is -2.23. The molecule has 0 aliphatic heterocycles. The zero-order chi connectivity index (χ0) is 15.6. The van der Waals surface area contributed by atoms with Gasteiger partial charge in [0.25, 0.3) is 0 Å². The van der Waals surface area contributed by atoms with Crippen LogP contribution in [-0.4, -0.2) is 11.7 Å². The van der Waals surface area contributed by atoms with E-state index in [0.29, 0.717) is 5.56 Å². The van der Waals surface area contributed by atoms with Gasteiger partial charge in [0.2, 0.25) is 0 Å². The van der Waals surface area contributed by atoms with E-state index in [9.17, 15) is 9.50 Å². The fourth-order valence-corrected chi connectivity index (χ4v) is 2.49. The van der Waals surface area contributed by atoms with Gasteiger partial charge >= 0.3 is 0 Å². The van der Waals surface area contributed by atoms with E-state index in [4.69, 9.17) is 17.3 Å². The fourth-order valence-electron chi connectivity index (χ4n) is 2.37. The van der Waals surface area contributed by atoms with Crippen LogP contribution in [0.3, 0.4) is 0 Å². The standard InChI is InChI=1S/C17H19ClFNO/c1-10-3-4-12(7-11(10)2)14(9-20)17(21)13-5-6-15(18)16(19)8-13/h3-8,14,17,21H,9,20H2,1-2H3. The van der Waals surface area contributed by atoms with Crippen molar-refractivity contribution in [2.24, 2.45) is 5.73 Å². The highest BCUT2D eigenvalue weighted by Gasteiger charge is 2.22. The van der Waals surface area contributed by atoms with Gasteiger partial charge in [-0.3, -0.25) is 0 Å². The molecule has 0 aromatic heterocycles. The van der Waals surface area contributed by atoms with E-state index < -0.39 is 11.9 Å². The van der Waals surface area contributed by atoms with Crippen molar-refractivity contribution in [3.05, 3.63) is 69.5 Å². The summed E-state index contributed by atoms with van der Waals surface area (Å²) < 4.78 is 13.6. The maximum atomic E-state index is 13.6. The second-order valence-corrected chi connectivity index (χ2v) is 5.71. The highest BCUT2D eigenvalue weighted by Crippen LogP contribution is 2.32. The van der Waals surface area contributed by atoms with Crippen LogP contribution >= 0.6 is 11.6 Å². The predicted molar refractivity (Wildman–Crippen MR) is 84.1 cm³/mol. The number of benzene rings is 2. The Morgan fingerprint density at radius 3 is 2.33 bits per heavy atom. The normalized spacial score (nSPS) is 14.0. The minimum atomic E-state index is -0.871. The zero-order valence-electron chi connectivity index (χ0n) is 12.1. The van der Waals surface area contributed by atoms with Gasteiger partial charge in [-0.25, -0.2) is 4.39 Å². The van der Waals surface area contributed by atoms with Crippen LogP contribution in [0.5, 0.6) is 0 Å². The van der Waals surface area contributed by atoms with Crippen LogP contribution in [-0.2, 0) is 0 Å². The van der Waals surface area contributed by atoms with Gasteiger partial charge in [-0.1, -0.05) is 35.9 Å². The van der Waals surface area contributed by atoms with Crippen LogP contribution < -0.4 is 5.73 Å². The van der Waals surface area contributed by atoms with Gasteiger partial charge < -0.3 is 10.8 Å². The van der Waals surface area contributed by atoms with Crippen molar-refractivity contribution in [3.8, 4) is 0 Å². The molecule has 112 valence electrons. The number of aliphatic hydroxyl groups excluding tert-OH is 1. The summed E-state index contributed by atoms with van der Waals surface area (Å²) in [5, 5.41) is 10.6. The summed E-state index contributed by atoms with van der Waals surface area (Å²) in [6.45, 7) is 4.32. The van der Waals surface area contributed by atoms with Crippen molar-refractivity contribution in [1.82, 2.24) is 0 Å². The number of halogens is 2. The Morgan fingerprint density at radius 1 is 1.10 bits per heavy atom. The van der Waals surface area contributed by atoms with Crippen molar-refractivity contribution >= 4 is 11.6 Å².